The van der Waals surface area contributed by atoms with Crippen LogP contribution in [0.3, 0.4) is 0 Å². The highest BCUT2D eigenvalue weighted by atomic mass is 35.5. The summed E-state index contributed by atoms with van der Waals surface area (Å²) in [6.45, 7) is 1.21. The van der Waals surface area contributed by atoms with E-state index in [9.17, 15) is 8.42 Å². The summed E-state index contributed by atoms with van der Waals surface area (Å²) in [5.41, 5.74) is 1.12. The van der Waals surface area contributed by atoms with Gasteiger partial charge >= 0.3 is 0 Å². The third-order valence-corrected chi connectivity index (χ3v) is 3.63. The van der Waals surface area contributed by atoms with E-state index in [2.05, 4.69) is 5.32 Å². The second-order valence-corrected chi connectivity index (χ2v) is 6.58. The van der Waals surface area contributed by atoms with Crippen LogP contribution in [0.4, 0.5) is 0 Å². The number of nitrogens with one attached hydrogen (secondary N) is 1. The van der Waals surface area contributed by atoms with Crippen LogP contribution in [0.15, 0.2) is 18.2 Å². The summed E-state index contributed by atoms with van der Waals surface area (Å²) in [5, 5.41) is 3.11. The lowest BCUT2D eigenvalue weighted by atomic mass is 10.1. The highest BCUT2D eigenvalue weighted by Gasteiger charge is 2.04. The van der Waals surface area contributed by atoms with Crippen molar-refractivity contribution >= 4 is 22.2 Å². The van der Waals surface area contributed by atoms with Crippen LogP contribution in [0, 0.1) is 0 Å². The summed E-state index contributed by atoms with van der Waals surface area (Å²) in [6, 6.07) is 5.77. The molecule has 0 aliphatic heterocycles. The van der Waals surface area contributed by atoms with Crippen LogP contribution >= 0.6 is 12.4 Å². The van der Waals surface area contributed by atoms with Gasteiger partial charge in [0, 0.05) is 12.8 Å². The Kier molecular flexibility index (Phi) is 8.60. The largest absolute Gasteiger partial charge is 0.493 e. The minimum atomic E-state index is -2.89. The van der Waals surface area contributed by atoms with E-state index in [1.165, 1.54) is 6.26 Å². The summed E-state index contributed by atoms with van der Waals surface area (Å²) in [5.74, 6) is 1.58. The molecule has 0 fully saturated rings. The summed E-state index contributed by atoms with van der Waals surface area (Å²) in [6.07, 6.45) is 2.05. The molecule has 1 rings (SSSR count). The molecule has 116 valence electrons. The molecule has 0 aromatic heterocycles. The van der Waals surface area contributed by atoms with Crippen LogP contribution in [0.1, 0.15) is 5.56 Å². The minimum absolute atomic E-state index is 0. The third kappa shape index (κ3) is 6.98. The summed E-state index contributed by atoms with van der Waals surface area (Å²) in [7, 11) is 0.317. The van der Waals surface area contributed by atoms with E-state index in [1.54, 1.807) is 14.2 Å². The van der Waals surface area contributed by atoms with Gasteiger partial charge in [-0.2, -0.15) is 0 Å². The number of halogens is 1. The molecule has 1 aromatic rings. The average Bonchev–Trinajstić information content (AvgIpc) is 2.36. The number of rotatable bonds is 8. The van der Waals surface area contributed by atoms with Gasteiger partial charge in [-0.15, -0.1) is 12.4 Å². The Bertz CT molecular complexity index is 505. The molecule has 0 spiro atoms. The van der Waals surface area contributed by atoms with Gasteiger partial charge < -0.3 is 14.8 Å². The topological polar surface area (TPSA) is 64.6 Å². The van der Waals surface area contributed by atoms with Gasteiger partial charge in [0.2, 0.25) is 0 Å². The Labute approximate surface area is 127 Å². The van der Waals surface area contributed by atoms with Gasteiger partial charge in [0.15, 0.2) is 11.5 Å². The molecule has 5 nitrogen and oxygen atoms in total. The quantitative estimate of drug-likeness (QED) is 0.731. The fourth-order valence-corrected chi connectivity index (χ4v) is 2.17. The molecule has 0 bridgehead atoms. The zero-order valence-corrected chi connectivity index (χ0v) is 13.6. The fourth-order valence-electron chi connectivity index (χ4n) is 1.65. The first-order valence-electron chi connectivity index (χ1n) is 6.05. The van der Waals surface area contributed by atoms with Crippen molar-refractivity contribution in [3.8, 4) is 11.5 Å². The normalized spacial score (nSPS) is 10.8. The maximum atomic E-state index is 10.9. The van der Waals surface area contributed by atoms with Crippen molar-refractivity contribution < 1.29 is 17.9 Å². The van der Waals surface area contributed by atoms with Crippen LogP contribution in [0.5, 0.6) is 11.5 Å². The molecular formula is C13H22ClNO4S. The SMILES string of the molecule is COc1ccc(CCNCCS(C)(=O)=O)cc1OC.Cl. The van der Waals surface area contributed by atoms with Crippen LogP contribution in [-0.2, 0) is 16.3 Å². The Morgan fingerprint density at radius 3 is 2.30 bits per heavy atom. The van der Waals surface area contributed by atoms with E-state index in [1.807, 2.05) is 18.2 Å². The van der Waals surface area contributed by atoms with Crippen molar-refractivity contribution in [1.29, 1.82) is 0 Å². The van der Waals surface area contributed by atoms with Gasteiger partial charge in [-0.05, 0) is 30.7 Å². The van der Waals surface area contributed by atoms with Gasteiger partial charge in [0.25, 0.3) is 0 Å². The van der Waals surface area contributed by atoms with Gasteiger partial charge in [0.1, 0.15) is 9.84 Å². The predicted octanol–water partition coefficient (Wildman–Crippen LogP) is 1.30. The minimum Gasteiger partial charge on any atom is -0.493 e. The van der Waals surface area contributed by atoms with Gasteiger partial charge in [0.05, 0.1) is 20.0 Å². The number of sulfone groups is 1. The molecule has 0 radical (unpaired) electrons. The zero-order valence-electron chi connectivity index (χ0n) is 12.0. The van der Waals surface area contributed by atoms with Crippen LogP contribution in [0.2, 0.25) is 0 Å². The smallest absolute Gasteiger partial charge is 0.160 e. The standard InChI is InChI=1S/C13H21NO4S.ClH/c1-17-12-5-4-11(10-13(12)18-2)6-7-14-8-9-19(3,15)16;/h4-5,10,14H,6-9H2,1-3H3;1H. The Morgan fingerprint density at radius 2 is 1.75 bits per heavy atom. The molecule has 0 aliphatic rings. The number of hydrogen-bond donors (Lipinski definition) is 1. The lowest BCUT2D eigenvalue weighted by Gasteiger charge is -2.10. The molecule has 0 aliphatic carbocycles. The van der Waals surface area contributed by atoms with Gasteiger partial charge in [-0.3, -0.25) is 0 Å². The summed E-state index contributed by atoms with van der Waals surface area (Å²) < 4.78 is 32.3. The molecule has 0 saturated heterocycles. The summed E-state index contributed by atoms with van der Waals surface area (Å²) >= 11 is 0. The first kappa shape index (κ1) is 19.0. The molecule has 0 unspecified atom stereocenters. The molecule has 0 saturated carbocycles. The van der Waals surface area contributed by atoms with E-state index in [0.717, 1.165) is 18.5 Å². The van der Waals surface area contributed by atoms with E-state index >= 15 is 0 Å². The van der Waals surface area contributed by atoms with Crippen molar-refractivity contribution in [3.05, 3.63) is 23.8 Å². The Hall–Kier alpha value is -0.980. The van der Waals surface area contributed by atoms with E-state index in [-0.39, 0.29) is 18.2 Å². The lowest BCUT2D eigenvalue weighted by Crippen LogP contribution is -2.24. The Morgan fingerprint density at radius 1 is 1.10 bits per heavy atom. The Balaban J connectivity index is 0.00000361. The second-order valence-electron chi connectivity index (χ2n) is 4.32. The third-order valence-electron chi connectivity index (χ3n) is 2.69. The highest BCUT2D eigenvalue weighted by molar-refractivity contribution is 7.90. The van der Waals surface area contributed by atoms with E-state index in [4.69, 9.17) is 9.47 Å². The van der Waals surface area contributed by atoms with Crippen LogP contribution in [-0.4, -0.2) is 47.7 Å². The second kappa shape index (κ2) is 9.05. The van der Waals surface area contributed by atoms with Gasteiger partial charge in [-0.25, -0.2) is 8.42 Å². The maximum Gasteiger partial charge on any atom is 0.160 e. The molecule has 1 aromatic carbocycles. The van der Waals surface area contributed by atoms with Crippen LogP contribution < -0.4 is 14.8 Å². The zero-order chi connectivity index (χ0) is 14.3. The number of methoxy groups -OCH3 is 2. The first-order valence-corrected chi connectivity index (χ1v) is 8.11. The molecule has 1 N–H and O–H groups in total. The number of benzene rings is 1. The predicted molar refractivity (Wildman–Crippen MR) is 83.1 cm³/mol. The molecule has 0 atom stereocenters. The molecule has 0 heterocycles. The molecule has 20 heavy (non-hydrogen) atoms. The molecule has 0 amide bonds. The van der Waals surface area contributed by atoms with Gasteiger partial charge in [-0.1, -0.05) is 6.07 Å². The highest BCUT2D eigenvalue weighted by Crippen LogP contribution is 2.27. The molecular weight excluding hydrogens is 302 g/mol. The van der Waals surface area contributed by atoms with Crippen LogP contribution in [0.25, 0.3) is 0 Å². The van der Waals surface area contributed by atoms with Crippen molar-refractivity contribution in [3.63, 3.8) is 0 Å². The van der Waals surface area contributed by atoms with Crippen molar-refractivity contribution in [2.24, 2.45) is 0 Å². The average molecular weight is 324 g/mol. The van der Waals surface area contributed by atoms with Crippen molar-refractivity contribution in [2.75, 3.05) is 39.3 Å². The van der Waals surface area contributed by atoms with Crippen molar-refractivity contribution in [1.82, 2.24) is 5.32 Å². The number of ether oxygens (including phenoxy) is 2. The molecule has 7 heteroatoms. The maximum absolute atomic E-state index is 10.9. The summed E-state index contributed by atoms with van der Waals surface area (Å²) in [4.78, 5) is 0. The lowest BCUT2D eigenvalue weighted by molar-refractivity contribution is 0.354. The first-order chi connectivity index (χ1) is 8.96. The fraction of sp³-hybridized carbons (Fsp3) is 0.538. The number of hydrogen-bond acceptors (Lipinski definition) is 5. The monoisotopic (exact) mass is 323 g/mol. The van der Waals surface area contributed by atoms with Crippen molar-refractivity contribution in [2.45, 2.75) is 6.42 Å². The van der Waals surface area contributed by atoms with E-state index < -0.39 is 9.84 Å². The van der Waals surface area contributed by atoms with E-state index in [0.29, 0.717) is 18.0 Å².